The number of amides is 1. The monoisotopic (exact) mass is 543 g/mol. The van der Waals surface area contributed by atoms with Crippen LogP contribution >= 0.6 is 24.0 Å². The summed E-state index contributed by atoms with van der Waals surface area (Å²) in [6, 6.07) is 8.51. The van der Waals surface area contributed by atoms with Crippen molar-refractivity contribution < 1.29 is 9.53 Å². The largest absolute Gasteiger partial charge is 0.379 e. The lowest BCUT2D eigenvalue weighted by Crippen LogP contribution is -2.44. The number of morpholine rings is 1. The number of hydrogen-bond acceptors (Lipinski definition) is 4. The minimum atomic E-state index is 0. The van der Waals surface area contributed by atoms with Crippen molar-refractivity contribution in [2.24, 2.45) is 10.9 Å². The molecule has 1 aromatic rings. The molecule has 31 heavy (non-hydrogen) atoms. The van der Waals surface area contributed by atoms with Crippen molar-refractivity contribution in [1.29, 1.82) is 0 Å². The highest BCUT2D eigenvalue weighted by Gasteiger charge is 2.19. The molecule has 1 aliphatic heterocycles. The molecule has 0 aromatic heterocycles. The highest BCUT2D eigenvalue weighted by atomic mass is 127. The fourth-order valence-electron chi connectivity index (χ4n) is 4.05. The lowest BCUT2D eigenvalue weighted by Gasteiger charge is -2.28. The zero-order valence-corrected chi connectivity index (χ0v) is 21.2. The van der Waals surface area contributed by atoms with Crippen LogP contribution in [0.2, 0.25) is 0 Å². The van der Waals surface area contributed by atoms with Gasteiger partial charge in [0.05, 0.1) is 13.2 Å². The fourth-order valence-corrected chi connectivity index (χ4v) is 4.05. The summed E-state index contributed by atoms with van der Waals surface area (Å²) in [5.41, 5.74) is 1.95. The normalized spacial score (nSPS) is 22.3. The van der Waals surface area contributed by atoms with Gasteiger partial charge in [0.2, 0.25) is 5.91 Å². The molecule has 1 amide bonds. The van der Waals surface area contributed by atoms with Gasteiger partial charge in [-0.2, -0.15) is 0 Å². The number of anilines is 1. The molecule has 0 atom stereocenters. The summed E-state index contributed by atoms with van der Waals surface area (Å²) in [5.74, 6) is 1.73. The third kappa shape index (κ3) is 9.33. The molecule has 1 aliphatic carbocycles. The Bertz CT molecular complexity index is 701. The summed E-state index contributed by atoms with van der Waals surface area (Å²) in [6.45, 7) is 7.10. The number of aliphatic imine (C=N–C) groups is 1. The van der Waals surface area contributed by atoms with Crippen LogP contribution in [0.5, 0.6) is 0 Å². The molecular formula is C23H38IN5O2. The quantitative estimate of drug-likeness (QED) is 0.280. The first-order valence-corrected chi connectivity index (χ1v) is 11.3. The summed E-state index contributed by atoms with van der Waals surface area (Å²) < 4.78 is 5.35. The van der Waals surface area contributed by atoms with Gasteiger partial charge in [-0.3, -0.25) is 14.7 Å². The molecule has 0 bridgehead atoms. The number of benzene rings is 1. The number of carbonyl (C=O) groups is 1. The predicted octanol–water partition coefficient (Wildman–Crippen LogP) is 3.21. The molecule has 0 spiro atoms. The molecule has 1 aromatic carbocycles. The van der Waals surface area contributed by atoms with Gasteiger partial charge in [-0.05, 0) is 49.3 Å². The molecule has 0 radical (unpaired) electrons. The third-order valence-electron chi connectivity index (χ3n) is 6.01. The van der Waals surface area contributed by atoms with Crippen molar-refractivity contribution in [3.8, 4) is 0 Å². The Hall–Kier alpha value is -1.39. The van der Waals surface area contributed by atoms with E-state index in [-0.39, 0.29) is 29.9 Å². The molecule has 1 saturated carbocycles. The van der Waals surface area contributed by atoms with E-state index >= 15 is 0 Å². The van der Waals surface area contributed by atoms with Crippen LogP contribution in [0.1, 0.15) is 44.6 Å². The van der Waals surface area contributed by atoms with Crippen LogP contribution < -0.4 is 16.0 Å². The van der Waals surface area contributed by atoms with Crippen LogP contribution in [0.4, 0.5) is 5.69 Å². The molecule has 1 saturated heterocycles. The Labute approximate surface area is 203 Å². The van der Waals surface area contributed by atoms with Gasteiger partial charge in [-0.1, -0.05) is 19.1 Å². The smallest absolute Gasteiger partial charge is 0.225 e. The number of carbonyl (C=O) groups excluding carboxylic acids is 1. The van der Waals surface area contributed by atoms with Gasteiger partial charge in [-0.25, -0.2) is 0 Å². The van der Waals surface area contributed by atoms with E-state index in [0.717, 1.165) is 56.0 Å². The van der Waals surface area contributed by atoms with Crippen LogP contribution in [0, 0.1) is 5.92 Å². The van der Waals surface area contributed by atoms with E-state index < -0.39 is 0 Å². The van der Waals surface area contributed by atoms with E-state index in [1.807, 2.05) is 25.2 Å². The van der Waals surface area contributed by atoms with Crippen molar-refractivity contribution >= 4 is 41.5 Å². The maximum absolute atomic E-state index is 12.3. The second-order valence-corrected chi connectivity index (χ2v) is 8.48. The molecule has 174 valence electrons. The molecule has 0 unspecified atom stereocenters. The number of nitrogens with zero attached hydrogens (tertiary/aromatic N) is 2. The lowest BCUT2D eigenvalue weighted by molar-refractivity contribution is -0.116. The highest BCUT2D eigenvalue weighted by molar-refractivity contribution is 14.0. The predicted molar refractivity (Wildman–Crippen MR) is 137 cm³/mol. The van der Waals surface area contributed by atoms with Crippen LogP contribution in [0.15, 0.2) is 29.3 Å². The van der Waals surface area contributed by atoms with Gasteiger partial charge >= 0.3 is 0 Å². The van der Waals surface area contributed by atoms with Crippen LogP contribution in [0.25, 0.3) is 0 Å². The molecular weight excluding hydrogens is 505 g/mol. The third-order valence-corrected chi connectivity index (χ3v) is 6.01. The SMILES string of the molecule is CN=C(NCc1cccc(NC(=O)CCN2CCOCC2)c1)NC1CCC(C)CC1.I. The van der Waals surface area contributed by atoms with Crippen molar-refractivity contribution in [3.05, 3.63) is 29.8 Å². The maximum atomic E-state index is 12.3. The van der Waals surface area contributed by atoms with Gasteiger partial charge in [0, 0.05) is 51.4 Å². The summed E-state index contributed by atoms with van der Waals surface area (Å²) in [6.07, 6.45) is 5.46. The first-order chi connectivity index (χ1) is 14.6. The van der Waals surface area contributed by atoms with Crippen LogP contribution in [0.3, 0.4) is 0 Å². The highest BCUT2D eigenvalue weighted by Crippen LogP contribution is 2.23. The molecule has 3 N–H and O–H groups in total. The maximum Gasteiger partial charge on any atom is 0.225 e. The first-order valence-electron chi connectivity index (χ1n) is 11.3. The number of rotatable bonds is 7. The molecule has 7 nitrogen and oxygen atoms in total. The Balaban J connectivity index is 0.00000341. The second-order valence-electron chi connectivity index (χ2n) is 8.48. The average Bonchev–Trinajstić information content (AvgIpc) is 2.77. The zero-order valence-electron chi connectivity index (χ0n) is 18.9. The topological polar surface area (TPSA) is 78.0 Å². The molecule has 3 rings (SSSR count). The molecule has 1 heterocycles. The van der Waals surface area contributed by atoms with Crippen molar-refractivity contribution in [2.45, 2.75) is 51.6 Å². The van der Waals surface area contributed by atoms with E-state index in [0.29, 0.717) is 19.0 Å². The number of nitrogens with one attached hydrogen (secondary N) is 3. The summed E-state index contributed by atoms with van der Waals surface area (Å²) in [7, 11) is 1.81. The van der Waals surface area contributed by atoms with E-state index in [1.165, 1.54) is 25.7 Å². The van der Waals surface area contributed by atoms with E-state index in [9.17, 15) is 4.79 Å². The Morgan fingerprint density at radius 2 is 1.94 bits per heavy atom. The van der Waals surface area contributed by atoms with Gasteiger partial charge in [0.25, 0.3) is 0 Å². The molecule has 2 fully saturated rings. The van der Waals surface area contributed by atoms with Crippen molar-refractivity contribution in [3.63, 3.8) is 0 Å². The van der Waals surface area contributed by atoms with Gasteiger partial charge in [0.15, 0.2) is 5.96 Å². The second kappa shape index (κ2) is 13.9. The summed E-state index contributed by atoms with van der Waals surface area (Å²) in [4.78, 5) is 18.9. The minimum Gasteiger partial charge on any atom is -0.379 e. The van der Waals surface area contributed by atoms with Crippen molar-refractivity contribution in [2.75, 3.05) is 45.2 Å². The van der Waals surface area contributed by atoms with Gasteiger partial charge in [-0.15, -0.1) is 24.0 Å². The summed E-state index contributed by atoms with van der Waals surface area (Å²) >= 11 is 0. The Morgan fingerprint density at radius 1 is 1.19 bits per heavy atom. The Kier molecular flexibility index (Phi) is 11.6. The van der Waals surface area contributed by atoms with Crippen molar-refractivity contribution in [1.82, 2.24) is 15.5 Å². The number of halogens is 1. The van der Waals surface area contributed by atoms with Crippen LogP contribution in [-0.4, -0.2) is 62.7 Å². The number of guanidine groups is 1. The van der Waals surface area contributed by atoms with E-state index in [1.54, 1.807) is 0 Å². The van der Waals surface area contributed by atoms with Crippen LogP contribution in [-0.2, 0) is 16.1 Å². The first kappa shape index (κ1) is 25.9. The van der Waals surface area contributed by atoms with Gasteiger partial charge < -0.3 is 20.7 Å². The van der Waals surface area contributed by atoms with E-state index in [4.69, 9.17) is 4.74 Å². The number of ether oxygens (including phenoxy) is 1. The minimum absolute atomic E-state index is 0. The molecule has 8 heteroatoms. The standard InChI is InChI=1S/C23H37N5O2.HI/c1-18-6-8-20(9-7-18)27-23(24-2)25-17-19-4-3-5-21(16-19)26-22(29)10-11-28-12-14-30-15-13-28;/h3-5,16,18,20H,6-15,17H2,1-2H3,(H,26,29)(H2,24,25,27);1H. The van der Waals surface area contributed by atoms with Gasteiger partial charge in [0.1, 0.15) is 0 Å². The van der Waals surface area contributed by atoms with E-state index in [2.05, 4.69) is 38.8 Å². The Morgan fingerprint density at radius 3 is 2.65 bits per heavy atom. The average molecular weight is 543 g/mol. The number of hydrogen-bond donors (Lipinski definition) is 3. The fraction of sp³-hybridized carbons (Fsp3) is 0.652. The lowest BCUT2D eigenvalue weighted by atomic mass is 9.87. The molecule has 2 aliphatic rings. The zero-order chi connectivity index (χ0) is 21.2. The summed E-state index contributed by atoms with van der Waals surface area (Å²) in [5, 5.41) is 9.97.